The molecule has 0 saturated carbocycles. The molecule has 0 fully saturated rings. The van der Waals surface area contributed by atoms with Gasteiger partial charge in [0.05, 0.1) is 5.69 Å². The van der Waals surface area contributed by atoms with Crippen LogP contribution in [0.25, 0.3) is 76.5 Å². The summed E-state index contributed by atoms with van der Waals surface area (Å²) in [6, 6.07) is 67.6. The summed E-state index contributed by atoms with van der Waals surface area (Å²) < 4.78 is 6.22. The van der Waals surface area contributed by atoms with E-state index >= 15 is 0 Å². The van der Waals surface area contributed by atoms with E-state index in [1.165, 1.54) is 49.0 Å². The molecule has 0 aliphatic carbocycles. The minimum absolute atomic E-state index is 0.906. The number of benzene rings is 9. The van der Waals surface area contributed by atoms with E-state index in [1.54, 1.807) is 0 Å². The Morgan fingerprint density at radius 3 is 1.70 bits per heavy atom. The summed E-state index contributed by atoms with van der Waals surface area (Å²) in [6.07, 6.45) is 0. The van der Waals surface area contributed by atoms with Crippen LogP contribution in [0.1, 0.15) is 0 Å². The largest absolute Gasteiger partial charge is 0.456 e. The standard InChI is InChI=1S/C48H31NO/c1-2-11-35-30-36(21-20-32(35)10-1)33-22-26-38(27-23-33)49(45-31-37-12-3-4-13-40(37)42-14-5-6-15-43(42)45)39-28-24-34(25-29-39)41-17-9-19-47-48(41)44-16-7-8-18-46(44)50-47/h1-31H. The molecule has 9 aromatic carbocycles. The van der Waals surface area contributed by atoms with Crippen molar-refractivity contribution in [3.63, 3.8) is 0 Å². The molecule has 2 nitrogen and oxygen atoms in total. The van der Waals surface area contributed by atoms with Crippen molar-refractivity contribution >= 4 is 71.3 Å². The Morgan fingerprint density at radius 2 is 0.920 bits per heavy atom. The highest BCUT2D eigenvalue weighted by Gasteiger charge is 2.19. The average molecular weight is 638 g/mol. The van der Waals surface area contributed by atoms with Gasteiger partial charge in [0, 0.05) is 27.5 Å². The molecule has 50 heavy (non-hydrogen) atoms. The van der Waals surface area contributed by atoms with Crippen LogP contribution >= 0.6 is 0 Å². The average Bonchev–Trinajstić information content (AvgIpc) is 3.58. The number of hydrogen-bond acceptors (Lipinski definition) is 2. The highest BCUT2D eigenvalue weighted by molar-refractivity contribution is 6.15. The molecule has 0 aliphatic heterocycles. The molecule has 1 aromatic heterocycles. The lowest BCUT2D eigenvalue weighted by Crippen LogP contribution is -2.10. The molecular formula is C48H31NO. The van der Waals surface area contributed by atoms with E-state index in [2.05, 4.69) is 181 Å². The topological polar surface area (TPSA) is 16.4 Å². The molecule has 234 valence electrons. The lowest BCUT2D eigenvalue weighted by atomic mass is 9.97. The maximum Gasteiger partial charge on any atom is 0.136 e. The van der Waals surface area contributed by atoms with Gasteiger partial charge in [-0.05, 0) is 97.7 Å². The van der Waals surface area contributed by atoms with Crippen LogP contribution in [0.5, 0.6) is 0 Å². The molecule has 0 saturated heterocycles. The van der Waals surface area contributed by atoms with Crippen molar-refractivity contribution in [3.05, 3.63) is 188 Å². The van der Waals surface area contributed by atoms with E-state index in [1.807, 2.05) is 12.1 Å². The van der Waals surface area contributed by atoms with E-state index < -0.39 is 0 Å². The van der Waals surface area contributed by atoms with Crippen LogP contribution in [-0.4, -0.2) is 0 Å². The summed E-state index contributed by atoms with van der Waals surface area (Å²) in [5.74, 6) is 0. The lowest BCUT2D eigenvalue weighted by Gasteiger charge is -2.28. The Hall–Kier alpha value is -6.64. The van der Waals surface area contributed by atoms with Gasteiger partial charge in [0.1, 0.15) is 11.2 Å². The van der Waals surface area contributed by atoms with Crippen molar-refractivity contribution in [3.8, 4) is 22.3 Å². The minimum Gasteiger partial charge on any atom is -0.456 e. The van der Waals surface area contributed by atoms with Gasteiger partial charge >= 0.3 is 0 Å². The zero-order valence-electron chi connectivity index (χ0n) is 27.3. The molecule has 2 heteroatoms. The van der Waals surface area contributed by atoms with E-state index in [0.29, 0.717) is 0 Å². The molecule has 0 unspecified atom stereocenters. The first-order valence-corrected chi connectivity index (χ1v) is 17.1. The third-order valence-corrected chi connectivity index (χ3v) is 10.0. The second kappa shape index (κ2) is 11.5. The Balaban J connectivity index is 1.13. The molecule has 0 amide bonds. The van der Waals surface area contributed by atoms with Crippen LogP contribution in [0.3, 0.4) is 0 Å². The van der Waals surface area contributed by atoms with Gasteiger partial charge in [-0.2, -0.15) is 0 Å². The number of anilines is 3. The SMILES string of the molecule is c1ccc2cc(-c3ccc(N(c4ccc(-c5cccc6oc7ccccc7c56)cc4)c4cc5ccccc5c5ccccc45)cc3)ccc2c1. The zero-order valence-corrected chi connectivity index (χ0v) is 27.3. The normalized spacial score (nSPS) is 11.6. The molecule has 10 rings (SSSR count). The van der Waals surface area contributed by atoms with Crippen LogP contribution < -0.4 is 4.90 Å². The highest BCUT2D eigenvalue weighted by Crippen LogP contribution is 2.44. The molecule has 0 bridgehead atoms. The van der Waals surface area contributed by atoms with Gasteiger partial charge in [0.2, 0.25) is 0 Å². The zero-order chi connectivity index (χ0) is 33.0. The molecule has 0 N–H and O–H groups in total. The molecule has 0 radical (unpaired) electrons. The van der Waals surface area contributed by atoms with Crippen molar-refractivity contribution < 1.29 is 4.42 Å². The smallest absolute Gasteiger partial charge is 0.136 e. The van der Waals surface area contributed by atoms with Crippen molar-refractivity contribution in [2.75, 3.05) is 4.90 Å². The van der Waals surface area contributed by atoms with Crippen molar-refractivity contribution in [2.24, 2.45) is 0 Å². The number of rotatable bonds is 5. The second-order valence-electron chi connectivity index (χ2n) is 12.9. The molecule has 0 spiro atoms. The Morgan fingerprint density at radius 1 is 0.340 bits per heavy atom. The van der Waals surface area contributed by atoms with Crippen LogP contribution in [0.4, 0.5) is 17.1 Å². The van der Waals surface area contributed by atoms with Crippen LogP contribution in [-0.2, 0) is 0 Å². The summed E-state index contributed by atoms with van der Waals surface area (Å²) in [5.41, 5.74) is 9.89. The van der Waals surface area contributed by atoms with E-state index in [4.69, 9.17) is 4.42 Å². The molecule has 10 aromatic rings. The number of para-hydroxylation sites is 1. The Labute approximate surface area is 290 Å². The van der Waals surface area contributed by atoms with Gasteiger partial charge in [-0.25, -0.2) is 0 Å². The summed E-state index contributed by atoms with van der Waals surface area (Å²) in [7, 11) is 0. The number of fused-ring (bicyclic) bond motifs is 7. The summed E-state index contributed by atoms with van der Waals surface area (Å²) in [4.78, 5) is 2.40. The maximum absolute atomic E-state index is 6.22. The molecular weight excluding hydrogens is 607 g/mol. The van der Waals surface area contributed by atoms with E-state index in [0.717, 1.165) is 44.6 Å². The second-order valence-corrected chi connectivity index (χ2v) is 12.9. The van der Waals surface area contributed by atoms with Crippen molar-refractivity contribution in [2.45, 2.75) is 0 Å². The fourth-order valence-electron chi connectivity index (χ4n) is 7.62. The fourth-order valence-corrected chi connectivity index (χ4v) is 7.62. The van der Waals surface area contributed by atoms with Gasteiger partial charge < -0.3 is 9.32 Å². The summed E-state index contributed by atoms with van der Waals surface area (Å²) >= 11 is 0. The van der Waals surface area contributed by atoms with E-state index in [9.17, 15) is 0 Å². The summed E-state index contributed by atoms with van der Waals surface area (Å²) in [5, 5.41) is 9.72. The van der Waals surface area contributed by atoms with Crippen molar-refractivity contribution in [1.29, 1.82) is 0 Å². The van der Waals surface area contributed by atoms with Crippen LogP contribution in [0.2, 0.25) is 0 Å². The predicted octanol–water partition coefficient (Wildman–Crippen LogP) is 13.8. The lowest BCUT2D eigenvalue weighted by molar-refractivity contribution is 0.669. The third-order valence-electron chi connectivity index (χ3n) is 10.0. The molecule has 0 atom stereocenters. The monoisotopic (exact) mass is 637 g/mol. The van der Waals surface area contributed by atoms with Crippen LogP contribution in [0.15, 0.2) is 192 Å². The first kappa shape index (κ1) is 28.4. The number of furan rings is 1. The molecule has 1 heterocycles. The van der Waals surface area contributed by atoms with E-state index in [-0.39, 0.29) is 0 Å². The Kier molecular flexibility index (Phi) is 6.53. The maximum atomic E-state index is 6.22. The van der Waals surface area contributed by atoms with Gasteiger partial charge in [0.15, 0.2) is 0 Å². The quantitative estimate of drug-likeness (QED) is 0.175. The minimum atomic E-state index is 0.906. The first-order chi connectivity index (χ1) is 24.8. The third kappa shape index (κ3) is 4.65. The summed E-state index contributed by atoms with van der Waals surface area (Å²) in [6.45, 7) is 0. The van der Waals surface area contributed by atoms with Gasteiger partial charge in [0.25, 0.3) is 0 Å². The van der Waals surface area contributed by atoms with Gasteiger partial charge in [-0.1, -0.05) is 140 Å². The van der Waals surface area contributed by atoms with Gasteiger partial charge in [-0.15, -0.1) is 0 Å². The number of nitrogens with zero attached hydrogens (tertiary/aromatic N) is 1. The number of hydrogen-bond donors (Lipinski definition) is 0. The molecule has 0 aliphatic rings. The van der Waals surface area contributed by atoms with Crippen LogP contribution in [0, 0.1) is 0 Å². The first-order valence-electron chi connectivity index (χ1n) is 17.1. The fraction of sp³-hybridized carbons (Fsp3) is 0. The predicted molar refractivity (Wildman–Crippen MR) is 212 cm³/mol. The Bertz CT molecular complexity index is 2860. The highest BCUT2D eigenvalue weighted by atomic mass is 16.3. The van der Waals surface area contributed by atoms with Crippen molar-refractivity contribution in [1.82, 2.24) is 0 Å². The van der Waals surface area contributed by atoms with Gasteiger partial charge in [-0.3, -0.25) is 0 Å².